The number of nitrogens with zero attached hydrogens (tertiary/aromatic N) is 3. The van der Waals surface area contributed by atoms with E-state index in [0.717, 1.165) is 22.5 Å². The number of aromatic nitrogens is 3. The SMILES string of the molecule is C#CCNC(=O)c1ccc(=O)n(Cc2cn(-c3ccccc3)nc2-c2ccc(Cl)cc2)c1. The van der Waals surface area contributed by atoms with Crippen LogP contribution in [0.4, 0.5) is 0 Å². The molecule has 2 heterocycles. The van der Waals surface area contributed by atoms with Crippen LogP contribution in [0.1, 0.15) is 15.9 Å². The van der Waals surface area contributed by atoms with E-state index in [-0.39, 0.29) is 24.6 Å². The van der Waals surface area contributed by atoms with Crippen LogP contribution in [0.5, 0.6) is 0 Å². The van der Waals surface area contributed by atoms with Crippen molar-refractivity contribution in [3.8, 4) is 29.3 Å². The third-order valence-electron chi connectivity index (χ3n) is 4.87. The molecule has 2 aromatic heterocycles. The number of pyridine rings is 1. The summed E-state index contributed by atoms with van der Waals surface area (Å²) < 4.78 is 3.25. The number of nitrogens with one attached hydrogen (secondary N) is 1. The summed E-state index contributed by atoms with van der Waals surface area (Å²) in [4.78, 5) is 24.8. The first-order valence-electron chi connectivity index (χ1n) is 9.87. The second-order valence-corrected chi connectivity index (χ2v) is 7.50. The number of terminal acetylenes is 1. The lowest BCUT2D eigenvalue weighted by atomic mass is 10.1. The summed E-state index contributed by atoms with van der Waals surface area (Å²) in [6.45, 7) is 0.350. The Balaban J connectivity index is 1.75. The van der Waals surface area contributed by atoms with Gasteiger partial charge in [-0.15, -0.1) is 6.42 Å². The lowest BCUT2D eigenvalue weighted by molar-refractivity contribution is 0.0958. The number of halogens is 1. The van der Waals surface area contributed by atoms with Crippen molar-refractivity contribution in [1.82, 2.24) is 19.7 Å². The quantitative estimate of drug-likeness (QED) is 0.462. The molecule has 0 aliphatic carbocycles. The van der Waals surface area contributed by atoms with Crippen molar-refractivity contribution in [3.63, 3.8) is 0 Å². The van der Waals surface area contributed by atoms with Crippen LogP contribution in [0.15, 0.2) is 83.9 Å². The molecule has 0 atom stereocenters. The van der Waals surface area contributed by atoms with Gasteiger partial charge < -0.3 is 9.88 Å². The summed E-state index contributed by atoms with van der Waals surface area (Å²) in [5.74, 6) is 2.02. The minimum atomic E-state index is -0.338. The Labute approximate surface area is 190 Å². The van der Waals surface area contributed by atoms with Crippen LogP contribution in [-0.2, 0) is 6.54 Å². The Morgan fingerprint density at radius 2 is 1.78 bits per heavy atom. The molecule has 2 aromatic carbocycles. The summed E-state index contributed by atoms with van der Waals surface area (Å²) >= 11 is 6.05. The number of carbonyl (C=O) groups is 1. The van der Waals surface area contributed by atoms with E-state index in [1.54, 1.807) is 16.8 Å². The maximum Gasteiger partial charge on any atom is 0.253 e. The number of benzene rings is 2. The van der Waals surface area contributed by atoms with E-state index >= 15 is 0 Å². The minimum absolute atomic E-state index is 0.114. The van der Waals surface area contributed by atoms with E-state index in [1.807, 2.05) is 48.7 Å². The van der Waals surface area contributed by atoms with Crippen molar-refractivity contribution < 1.29 is 4.79 Å². The largest absolute Gasteiger partial charge is 0.341 e. The van der Waals surface area contributed by atoms with Crippen LogP contribution in [0, 0.1) is 12.3 Å². The standard InChI is InChI=1S/C25H19ClN4O2/c1-2-14-27-25(32)19-10-13-23(31)29(15-19)16-20-17-30(22-6-4-3-5-7-22)28-24(20)18-8-11-21(26)12-9-18/h1,3-13,15,17H,14,16H2,(H,27,32). The molecule has 158 valence electrons. The van der Waals surface area contributed by atoms with Crippen LogP contribution in [0.3, 0.4) is 0 Å². The monoisotopic (exact) mass is 442 g/mol. The van der Waals surface area contributed by atoms with Crippen molar-refractivity contribution in [1.29, 1.82) is 0 Å². The number of para-hydroxylation sites is 1. The van der Waals surface area contributed by atoms with E-state index in [0.29, 0.717) is 10.6 Å². The van der Waals surface area contributed by atoms with Crippen molar-refractivity contribution >= 4 is 17.5 Å². The van der Waals surface area contributed by atoms with E-state index in [9.17, 15) is 9.59 Å². The average Bonchev–Trinajstić information content (AvgIpc) is 3.23. The van der Waals surface area contributed by atoms with Crippen molar-refractivity contribution in [3.05, 3.63) is 106 Å². The third kappa shape index (κ3) is 4.64. The summed E-state index contributed by atoms with van der Waals surface area (Å²) in [5, 5.41) is 7.99. The molecule has 0 spiro atoms. The topological polar surface area (TPSA) is 68.9 Å². The first-order valence-corrected chi connectivity index (χ1v) is 10.2. The smallest absolute Gasteiger partial charge is 0.253 e. The van der Waals surface area contributed by atoms with E-state index in [2.05, 4.69) is 11.2 Å². The Morgan fingerprint density at radius 1 is 1.03 bits per heavy atom. The van der Waals surface area contributed by atoms with Gasteiger partial charge in [0, 0.05) is 34.6 Å². The molecule has 6 nitrogen and oxygen atoms in total. The molecule has 4 rings (SSSR count). The van der Waals surface area contributed by atoms with Crippen molar-refractivity contribution in [2.75, 3.05) is 6.54 Å². The Bertz CT molecular complexity index is 1350. The molecule has 0 radical (unpaired) electrons. The Kier molecular flexibility index (Phi) is 6.20. The lowest BCUT2D eigenvalue weighted by Crippen LogP contribution is -2.27. The van der Waals surface area contributed by atoms with Crippen molar-refractivity contribution in [2.45, 2.75) is 6.54 Å². The maximum atomic E-state index is 12.5. The molecule has 0 aliphatic heterocycles. The minimum Gasteiger partial charge on any atom is -0.341 e. The normalized spacial score (nSPS) is 10.5. The molecule has 4 aromatic rings. The maximum absolute atomic E-state index is 12.5. The average molecular weight is 443 g/mol. The molecule has 32 heavy (non-hydrogen) atoms. The van der Waals surface area contributed by atoms with Crippen LogP contribution in [0.2, 0.25) is 5.02 Å². The van der Waals surface area contributed by atoms with Gasteiger partial charge >= 0.3 is 0 Å². The lowest BCUT2D eigenvalue weighted by Gasteiger charge is -2.09. The van der Waals surface area contributed by atoms with E-state index in [4.69, 9.17) is 23.1 Å². The number of hydrogen-bond acceptors (Lipinski definition) is 3. The van der Waals surface area contributed by atoms with Gasteiger partial charge in [-0.05, 0) is 30.3 Å². The van der Waals surface area contributed by atoms with Gasteiger partial charge in [0.15, 0.2) is 0 Å². The van der Waals surface area contributed by atoms with Crippen LogP contribution in [0.25, 0.3) is 16.9 Å². The fraction of sp³-hybridized carbons (Fsp3) is 0.0800. The molecule has 0 saturated heterocycles. The zero-order valence-electron chi connectivity index (χ0n) is 17.0. The summed E-state index contributed by atoms with van der Waals surface area (Å²) in [6, 6.07) is 19.9. The molecule has 1 amide bonds. The first-order chi connectivity index (χ1) is 15.5. The molecule has 0 fully saturated rings. The van der Waals surface area contributed by atoms with Gasteiger partial charge in [-0.3, -0.25) is 9.59 Å². The molecule has 1 N–H and O–H groups in total. The zero-order valence-corrected chi connectivity index (χ0v) is 17.8. The zero-order chi connectivity index (χ0) is 22.5. The van der Waals surface area contributed by atoms with Crippen LogP contribution >= 0.6 is 11.6 Å². The molecule has 0 bridgehead atoms. The third-order valence-corrected chi connectivity index (χ3v) is 5.12. The number of amides is 1. The first kappa shape index (κ1) is 21.2. The molecular weight excluding hydrogens is 424 g/mol. The van der Waals surface area contributed by atoms with Gasteiger partial charge in [0.2, 0.25) is 0 Å². The van der Waals surface area contributed by atoms with Gasteiger partial charge in [-0.2, -0.15) is 5.10 Å². The summed E-state index contributed by atoms with van der Waals surface area (Å²) in [6.07, 6.45) is 8.62. The molecule has 0 aliphatic rings. The van der Waals surface area contributed by atoms with Gasteiger partial charge in [0.25, 0.3) is 11.5 Å². The molecular formula is C25H19ClN4O2. The van der Waals surface area contributed by atoms with Crippen LogP contribution < -0.4 is 10.9 Å². The second kappa shape index (κ2) is 9.38. The van der Waals surface area contributed by atoms with E-state index < -0.39 is 0 Å². The highest BCUT2D eigenvalue weighted by Crippen LogP contribution is 2.26. The number of hydrogen-bond donors (Lipinski definition) is 1. The highest BCUT2D eigenvalue weighted by molar-refractivity contribution is 6.30. The van der Waals surface area contributed by atoms with Crippen molar-refractivity contribution in [2.24, 2.45) is 0 Å². The fourth-order valence-corrected chi connectivity index (χ4v) is 3.42. The molecule has 7 heteroatoms. The van der Waals surface area contributed by atoms with Crippen LogP contribution in [-0.4, -0.2) is 26.8 Å². The predicted octanol–water partition coefficient (Wildman–Crippen LogP) is 3.77. The second-order valence-electron chi connectivity index (χ2n) is 7.06. The molecule has 0 unspecified atom stereocenters. The highest BCUT2D eigenvalue weighted by Gasteiger charge is 2.15. The summed E-state index contributed by atoms with van der Waals surface area (Å²) in [7, 11) is 0. The Morgan fingerprint density at radius 3 is 2.50 bits per heavy atom. The fourth-order valence-electron chi connectivity index (χ4n) is 3.30. The van der Waals surface area contributed by atoms with E-state index in [1.165, 1.54) is 22.9 Å². The van der Waals surface area contributed by atoms with Gasteiger partial charge in [-0.1, -0.05) is 47.9 Å². The summed E-state index contributed by atoms with van der Waals surface area (Å²) in [5.41, 5.74) is 3.43. The van der Waals surface area contributed by atoms with Gasteiger partial charge in [-0.25, -0.2) is 4.68 Å². The van der Waals surface area contributed by atoms with Gasteiger partial charge in [0.05, 0.1) is 30.0 Å². The number of carbonyl (C=O) groups excluding carboxylic acids is 1. The number of rotatable bonds is 6. The Hall–Kier alpha value is -4.08. The highest BCUT2D eigenvalue weighted by atomic mass is 35.5. The predicted molar refractivity (Wildman–Crippen MR) is 125 cm³/mol. The van der Waals surface area contributed by atoms with Gasteiger partial charge in [0.1, 0.15) is 0 Å². The molecule has 0 saturated carbocycles.